The molecule has 7 heteroatoms. The molecule has 3 rings (SSSR count). The number of halogens is 2. The predicted octanol–water partition coefficient (Wildman–Crippen LogP) is 3.09. The van der Waals surface area contributed by atoms with Crippen LogP contribution in [0.25, 0.3) is 0 Å². The Morgan fingerprint density at radius 1 is 1.42 bits per heavy atom. The normalized spacial score (nSPS) is 17.8. The summed E-state index contributed by atoms with van der Waals surface area (Å²) >= 11 is 0. The molecule has 24 heavy (non-hydrogen) atoms. The van der Waals surface area contributed by atoms with E-state index >= 15 is 0 Å². The molecule has 2 N–H and O–H groups in total. The van der Waals surface area contributed by atoms with Crippen LogP contribution in [-0.2, 0) is 6.54 Å². The molecule has 1 aliphatic rings. The predicted molar refractivity (Wildman–Crippen MR) is 85.5 cm³/mol. The number of nitrogens with zero attached hydrogens (tertiary/aromatic N) is 2. The number of carbonyl (C=O) groups is 1. The second kappa shape index (κ2) is 6.98. The van der Waals surface area contributed by atoms with Crippen molar-refractivity contribution >= 4 is 6.03 Å². The second-order valence-electron chi connectivity index (χ2n) is 6.14. The number of carbonyl (C=O) groups excluding carboxylic acids is 1. The van der Waals surface area contributed by atoms with Gasteiger partial charge in [0.1, 0.15) is 0 Å². The molecular weight excluding hydrogens is 314 g/mol. The molecule has 0 spiro atoms. The van der Waals surface area contributed by atoms with Crippen LogP contribution in [0.1, 0.15) is 35.6 Å². The van der Waals surface area contributed by atoms with Gasteiger partial charge < -0.3 is 10.2 Å². The zero-order chi connectivity index (χ0) is 17.1. The van der Waals surface area contributed by atoms with E-state index in [0.29, 0.717) is 19.6 Å². The molecule has 0 aliphatic carbocycles. The molecular formula is C17H20F2N4O. The maximum atomic E-state index is 13.4. The van der Waals surface area contributed by atoms with Gasteiger partial charge in [0.2, 0.25) is 0 Å². The number of urea groups is 1. The molecule has 0 saturated carbocycles. The van der Waals surface area contributed by atoms with E-state index in [-0.39, 0.29) is 11.9 Å². The van der Waals surface area contributed by atoms with Crippen molar-refractivity contribution in [1.82, 2.24) is 20.4 Å². The molecule has 2 aromatic rings. The first-order chi connectivity index (χ1) is 11.5. The average Bonchev–Trinajstić information content (AvgIpc) is 3.00. The molecule has 1 aromatic heterocycles. The van der Waals surface area contributed by atoms with Crippen molar-refractivity contribution in [1.29, 1.82) is 0 Å². The summed E-state index contributed by atoms with van der Waals surface area (Å²) in [5, 5.41) is 9.63. The highest BCUT2D eigenvalue weighted by molar-refractivity contribution is 5.74. The third kappa shape index (κ3) is 3.55. The number of rotatable bonds is 3. The van der Waals surface area contributed by atoms with E-state index in [2.05, 4.69) is 15.5 Å². The van der Waals surface area contributed by atoms with Gasteiger partial charge in [0.15, 0.2) is 11.6 Å². The van der Waals surface area contributed by atoms with E-state index in [4.69, 9.17) is 0 Å². The van der Waals surface area contributed by atoms with Gasteiger partial charge in [-0.05, 0) is 37.5 Å². The molecule has 1 saturated heterocycles. The molecule has 1 aromatic carbocycles. The van der Waals surface area contributed by atoms with E-state index in [1.54, 1.807) is 17.2 Å². The van der Waals surface area contributed by atoms with Gasteiger partial charge in [-0.15, -0.1) is 0 Å². The molecule has 2 heterocycles. The summed E-state index contributed by atoms with van der Waals surface area (Å²) in [5.74, 6) is -1.67. The van der Waals surface area contributed by atoms with Crippen molar-refractivity contribution in [3.63, 3.8) is 0 Å². The average molecular weight is 334 g/mol. The summed E-state index contributed by atoms with van der Waals surface area (Å²) in [5.41, 5.74) is 2.60. The number of aromatic nitrogens is 2. The molecule has 0 radical (unpaired) electrons. The van der Waals surface area contributed by atoms with Crippen LogP contribution >= 0.6 is 0 Å². The van der Waals surface area contributed by atoms with E-state index in [9.17, 15) is 13.6 Å². The van der Waals surface area contributed by atoms with Gasteiger partial charge >= 0.3 is 6.03 Å². The standard InChI is InChI=1S/C17H20F2N4O/c1-11-14(9-21-22-11)8-20-17(24)23-6-2-3-13(10-23)12-4-5-15(18)16(19)7-12/h4-5,7,9,13H,2-3,6,8,10H2,1H3,(H,20,24)(H,21,22). The van der Waals surface area contributed by atoms with Crippen LogP contribution in [0, 0.1) is 18.6 Å². The van der Waals surface area contributed by atoms with Gasteiger partial charge in [-0.2, -0.15) is 5.10 Å². The Morgan fingerprint density at radius 3 is 2.96 bits per heavy atom. The first-order valence-corrected chi connectivity index (χ1v) is 8.01. The third-order valence-electron chi connectivity index (χ3n) is 4.49. The molecule has 1 unspecified atom stereocenters. The minimum atomic E-state index is -0.848. The van der Waals surface area contributed by atoms with Crippen molar-refractivity contribution in [2.24, 2.45) is 0 Å². The lowest BCUT2D eigenvalue weighted by molar-refractivity contribution is 0.179. The molecule has 1 aliphatic heterocycles. The van der Waals surface area contributed by atoms with E-state index in [1.165, 1.54) is 6.07 Å². The molecule has 2 amide bonds. The quantitative estimate of drug-likeness (QED) is 0.906. The smallest absolute Gasteiger partial charge is 0.317 e. The largest absolute Gasteiger partial charge is 0.334 e. The first kappa shape index (κ1) is 16.4. The minimum Gasteiger partial charge on any atom is -0.334 e. The highest BCUT2D eigenvalue weighted by atomic mass is 19.2. The van der Waals surface area contributed by atoms with Crippen molar-refractivity contribution in [3.05, 3.63) is 52.9 Å². The lowest BCUT2D eigenvalue weighted by atomic mass is 9.90. The molecule has 5 nitrogen and oxygen atoms in total. The van der Waals surface area contributed by atoms with Crippen LogP contribution in [0.2, 0.25) is 0 Å². The van der Waals surface area contributed by atoms with E-state index in [1.807, 2.05) is 6.92 Å². The Bertz CT molecular complexity index is 731. The third-order valence-corrected chi connectivity index (χ3v) is 4.49. The highest BCUT2D eigenvalue weighted by Gasteiger charge is 2.25. The number of aryl methyl sites for hydroxylation is 1. The molecule has 1 fully saturated rings. The SMILES string of the molecule is Cc1[nH]ncc1CNC(=O)N1CCCC(c2ccc(F)c(F)c2)C1. The van der Waals surface area contributed by atoms with Gasteiger partial charge in [-0.3, -0.25) is 5.10 Å². The fraction of sp³-hybridized carbons (Fsp3) is 0.412. The van der Waals surface area contributed by atoms with Crippen LogP contribution < -0.4 is 5.32 Å². The zero-order valence-corrected chi connectivity index (χ0v) is 13.5. The summed E-state index contributed by atoms with van der Waals surface area (Å²) in [6.45, 7) is 3.47. The topological polar surface area (TPSA) is 61.0 Å². The minimum absolute atomic E-state index is 0.0234. The number of hydrogen-bond donors (Lipinski definition) is 2. The van der Waals surface area contributed by atoms with E-state index in [0.717, 1.165) is 35.7 Å². The fourth-order valence-corrected chi connectivity index (χ4v) is 3.04. The number of benzene rings is 1. The van der Waals surface area contributed by atoms with Crippen molar-refractivity contribution in [3.8, 4) is 0 Å². The Morgan fingerprint density at radius 2 is 2.25 bits per heavy atom. The van der Waals surface area contributed by atoms with Crippen LogP contribution in [0.15, 0.2) is 24.4 Å². The Kier molecular flexibility index (Phi) is 4.78. The molecule has 0 bridgehead atoms. The summed E-state index contributed by atoms with van der Waals surface area (Å²) in [4.78, 5) is 14.1. The number of H-pyrrole nitrogens is 1. The fourth-order valence-electron chi connectivity index (χ4n) is 3.04. The van der Waals surface area contributed by atoms with Crippen molar-refractivity contribution in [2.45, 2.75) is 32.2 Å². The number of aromatic amines is 1. The summed E-state index contributed by atoms with van der Waals surface area (Å²) < 4.78 is 26.5. The summed E-state index contributed by atoms with van der Waals surface area (Å²) in [6.07, 6.45) is 3.38. The van der Waals surface area contributed by atoms with Gasteiger partial charge in [-0.25, -0.2) is 13.6 Å². The molecule has 128 valence electrons. The lowest BCUT2D eigenvalue weighted by Crippen LogP contribution is -2.44. The Labute approximate surface area is 139 Å². The molecule has 1 atom stereocenters. The number of nitrogens with one attached hydrogen (secondary N) is 2. The van der Waals surface area contributed by atoms with Crippen LogP contribution in [-0.4, -0.2) is 34.2 Å². The Hall–Kier alpha value is -2.44. The van der Waals surface area contributed by atoms with Crippen LogP contribution in [0.3, 0.4) is 0 Å². The van der Waals surface area contributed by atoms with Gasteiger partial charge in [-0.1, -0.05) is 6.07 Å². The first-order valence-electron chi connectivity index (χ1n) is 8.01. The lowest BCUT2D eigenvalue weighted by Gasteiger charge is -2.33. The monoisotopic (exact) mass is 334 g/mol. The van der Waals surface area contributed by atoms with Crippen LogP contribution in [0.5, 0.6) is 0 Å². The van der Waals surface area contributed by atoms with Gasteiger partial charge in [0.25, 0.3) is 0 Å². The van der Waals surface area contributed by atoms with Crippen molar-refractivity contribution in [2.75, 3.05) is 13.1 Å². The van der Waals surface area contributed by atoms with Crippen molar-refractivity contribution < 1.29 is 13.6 Å². The highest BCUT2D eigenvalue weighted by Crippen LogP contribution is 2.28. The van der Waals surface area contributed by atoms with Gasteiger partial charge in [0, 0.05) is 36.8 Å². The zero-order valence-electron chi connectivity index (χ0n) is 13.5. The van der Waals surface area contributed by atoms with Crippen LogP contribution in [0.4, 0.5) is 13.6 Å². The maximum absolute atomic E-state index is 13.4. The Balaban J connectivity index is 1.61. The number of likely N-dealkylation sites (tertiary alicyclic amines) is 1. The number of piperidine rings is 1. The second-order valence-corrected chi connectivity index (χ2v) is 6.14. The van der Waals surface area contributed by atoms with E-state index < -0.39 is 11.6 Å². The number of hydrogen-bond acceptors (Lipinski definition) is 2. The summed E-state index contributed by atoms with van der Waals surface area (Å²) in [6, 6.07) is 3.82. The summed E-state index contributed by atoms with van der Waals surface area (Å²) in [7, 11) is 0. The van der Waals surface area contributed by atoms with Gasteiger partial charge in [0.05, 0.1) is 6.20 Å². The maximum Gasteiger partial charge on any atom is 0.317 e. The number of amides is 2.